The Morgan fingerprint density at radius 2 is 1.67 bits per heavy atom. The molecule has 21 heavy (non-hydrogen) atoms. The van der Waals surface area contributed by atoms with E-state index in [2.05, 4.69) is 0 Å². The van der Waals surface area contributed by atoms with E-state index in [1.54, 1.807) is 24.3 Å². The van der Waals surface area contributed by atoms with Gasteiger partial charge in [0.1, 0.15) is 5.75 Å². The molecule has 0 spiro atoms. The molecule has 108 valence electrons. The normalized spacial score (nSPS) is 10.2. The Kier molecular flexibility index (Phi) is 4.50. The molecule has 0 heterocycles. The predicted molar refractivity (Wildman–Crippen MR) is 82.1 cm³/mol. The standard InChI is InChI=1S/C15H11Cl2NO3/c1-8(19)9-2-4-10(5-3-9)13-12(21-15(18)20)7-6-11(16)14(13)17/h2-7H,1H3,(H2,18,20). The molecule has 0 saturated carbocycles. The predicted octanol–water partition coefficient (Wildman–Crippen LogP) is 4.32. The highest BCUT2D eigenvalue weighted by molar-refractivity contribution is 6.44. The Balaban J connectivity index is 2.57. The Morgan fingerprint density at radius 3 is 2.19 bits per heavy atom. The van der Waals surface area contributed by atoms with Crippen molar-refractivity contribution in [1.82, 2.24) is 0 Å². The van der Waals surface area contributed by atoms with E-state index >= 15 is 0 Å². The van der Waals surface area contributed by atoms with Crippen LogP contribution in [0.2, 0.25) is 10.0 Å². The Labute approximate surface area is 131 Å². The number of nitrogens with two attached hydrogens (primary N) is 1. The largest absolute Gasteiger partial charge is 0.410 e. The molecule has 4 nitrogen and oxygen atoms in total. The number of benzene rings is 2. The molecule has 0 unspecified atom stereocenters. The Hall–Kier alpha value is -2.04. The van der Waals surface area contributed by atoms with E-state index in [-0.39, 0.29) is 16.6 Å². The fourth-order valence-corrected chi connectivity index (χ4v) is 2.29. The van der Waals surface area contributed by atoms with Gasteiger partial charge in [0.05, 0.1) is 10.0 Å². The lowest BCUT2D eigenvalue weighted by Crippen LogP contribution is -2.16. The maximum Gasteiger partial charge on any atom is 0.409 e. The number of ketones is 1. The van der Waals surface area contributed by atoms with E-state index in [4.69, 9.17) is 33.7 Å². The van der Waals surface area contributed by atoms with Crippen LogP contribution in [0.15, 0.2) is 36.4 Å². The molecule has 0 saturated heterocycles. The molecule has 0 atom stereocenters. The van der Waals surface area contributed by atoms with E-state index in [1.165, 1.54) is 19.1 Å². The minimum atomic E-state index is -0.949. The van der Waals surface area contributed by atoms with Crippen LogP contribution in [-0.4, -0.2) is 11.9 Å². The van der Waals surface area contributed by atoms with Crippen LogP contribution in [-0.2, 0) is 0 Å². The van der Waals surface area contributed by atoms with Gasteiger partial charge in [-0.2, -0.15) is 0 Å². The first-order chi connectivity index (χ1) is 9.90. The lowest BCUT2D eigenvalue weighted by molar-refractivity contribution is 0.101. The number of halogens is 2. The zero-order valence-electron chi connectivity index (χ0n) is 11.0. The molecule has 0 aromatic heterocycles. The number of carbonyl (C=O) groups is 2. The average molecular weight is 324 g/mol. The van der Waals surface area contributed by atoms with Crippen molar-refractivity contribution in [2.24, 2.45) is 5.73 Å². The van der Waals surface area contributed by atoms with E-state index in [9.17, 15) is 9.59 Å². The molecule has 0 fully saturated rings. The van der Waals surface area contributed by atoms with Gasteiger partial charge in [-0.15, -0.1) is 0 Å². The molecule has 6 heteroatoms. The summed E-state index contributed by atoms with van der Waals surface area (Å²) in [5.41, 5.74) is 6.70. The van der Waals surface area contributed by atoms with Gasteiger partial charge in [-0.3, -0.25) is 4.79 Å². The molecular formula is C15H11Cl2NO3. The second-order valence-electron chi connectivity index (χ2n) is 4.29. The SMILES string of the molecule is CC(=O)c1ccc(-c2c(OC(N)=O)ccc(Cl)c2Cl)cc1. The van der Waals surface area contributed by atoms with Crippen LogP contribution in [0, 0.1) is 0 Å². The van der Waals surface area contributed by atoms with Crippen molar-refractivity contribution >= 4 is 35.1 Å². The first kappa shape index (κ1) is 15.4. The van der Waals surface area contributed by atoms with Gasteiger partial charge >= 0.3 is 6.09 Å². The molecule has 2 N–H and O–H groups in total. The van der Waals surface area contributed by atoms with Crippen molar-refractivity contribution in [2.75, 3.05) is 0 Å². The summed E-state index contributed by atoms with van der Waals surface area (Å²) in [7, 11) is 0. The molecule has 0 aliphatic carbocycles. The molecule has 2 aromatic carbocycles. The highest BCUT2D eigenvalue weighted by Gasteiger charge is 2.16. The minimum absolute atomic E-state index is 0.0487. The Bertz CT molecular complexity index is 712. The summed E-state index contributed by atoms with van der Waals surface area (Å²) in [5, 5.41) is 0.560. The van der Waals surface area contributed by atoms with E-state index in [1.807, 2.05) is 0 Å². The van der Waals surface area contributed by atoms with Crippen molar-refractivity contribution in [3.8, 4) is 16.9 Å². The van der Waals surface area contributed by atoms with Gasteiger partial charge in [0.15, 0.2) is 5.78 Å². The van der Waals surface area contributed by atoms with Crippen LogP contribution in [0.4, 0.5) is 4.79 Å². The topological polar surface area (TPSA) is 69.4 Å². The maximum atomic E-state index is 11.3. The summed E-state index contributed by atoms with van der Waals surface area (Å²) in [6.07, 6.45) is -0.949. The third kappa shape index (κ3) is 3.35. The van der Waals surface area contributed by atoms with Crippen LogP contribution in [0.25, 0.3) is 11.1 Å². The highest BCUT2D eigenvalue weighted by Crippen LogP contribution is 2.40. The summed E-state index contributed by atoms with van der Waals surface area (Å²) in [4.78, 5) is 22.3. The van der Waals surface area contributed by atoms with E-state index in [0.717, 1.165) is 0 Å². The summed E-state index contributed by atoms with van der Waals surface area (Å²) in [6, 6.07) is 9.72. The first-order valence-corrected chi connectivity index (χ1v) is 6.72. The van der Waals surface area contributed by atoms with Crippen molar-refractivity contribution < 1.29 is 14.3 Å². The first-order valence-electron chi connectivity index (χ1n) is 5.97. The molecule has 2 aromatic rings. The quantitative estimate of drug-likeness (QED) is 0.855. The lowest BCUT2D eigenvalue weighted by Gasteiger charge is -2.12. The maximum absolute atomic E-state index is 11.3. The smallest absolute Gasteiger partial charge is 0.409 e. The number of amides is 1. The van der Waals surface area contributed by atoms with Crippen molar-refractivity contribution in [2.45, 2.75) is 6.92 Å². The van der Waals surface area contributed by atoms with Gasteiger partial charge in [-0.05, 0) is 24.6 Å². The molecular weight excluding hydrogens is 313 g/mol. The lowest BCUT2D eigenvalue weighted by atomic mass is 10.0. The molecule has 0 aliphatic heterocycles. The number of rotatable bonds is 3. The second-order valence-corrected chi connectivity index (χ2v) is 5.07. The molecule has 0 bridgehead atoms. The van der Waals surface area contributed by atoms with Crippen LogP contribution >= 0.6 is 23.2 Å². The average Bonchev–Trinajstić information content (AvgIpc) is 2.43. The number of primary amides is 1. The number of carbonyl (C=O) groups excluding carboxylic acids is 2. The molecule has 0 aliphatic rings. The van der Waals surface area contributed by atoms with Crippen molar-refractivity contribution in [3.05, 3.63) is 52.0 Å². The van der Waals surface area contributed by atoms with Crippen LogP contribution in [0.5, 0.6) is 5.75 Å². The summed E-state index contributed by atoms with van der Waals surface area (Å²) in [6.45, 7) is 1.48. The van der Waals surface area contributed by atoms with Gasteiger partial charge in [-0.25, -0.2) is 4.79 Å². The third-order valence-corrected chi connectivity index (χ3v) is 3.65. The van der Waals surface area contributed by atoms with Crippen molar-refractivity contribution in [1.29, 1.82) is 0 Å². The number of ether oxygens (including phenoxy) is 1. The van der Waals surface area contributed by atoms with Gasteiger partial charge in [0.2, 0.25) is 0 Å². The summed E-state index contributed by atoms with van der Waals surface area (Å²) >= 11 is 12.2. The second kappa shape index (κ2) is 6.16. The van der Waals surface area contributed by atoms with Gasteiger partial charge in [0, 0.05) is 11.1 Å². The zero-order chi connectivity index (χ0) is 15.6. The van der Waals surface area contributed by atoms with E-state index < -0.39 is 6.09 Å². The van der Waals surface area contributed by atoms with Gasteiger partial charge in [0.25, 0.3) is 0 Å². The zero-order valence-corrected chi connectivity index (χ0v) is 12.5. The summed E-state index contributed by atoms with van der Waals surface area (Å²) < 4.78 is 4.94. The number of hydrogen-bond acceptors (Lipinski definition) is 3. The fourth-order valence-electron chi connectivity index (χ4n) is 1.87. The van der Waals surface area contributed by atoms with Gasteiger partial charge in [-0.1, -0.05) is 47.5 Å². The van der Waals surface area contributed by atoms with Crippen molar-refractivity contribution in [3.63, 3.8) is 0 Å². The van der Waals surface area contributed by atoms with Gasteiger partial charge < -0.3 is 10.5 Å². The van der Waals surface area contributed by atoms with Crippen LogP contribution in [0.3, 0.4) is 0 Å². The molecule has 2 rings (SSSR count). The molecule has 0 radical (unpaired) electrons. The highest BCUT2D eigenvalue weighted by atomic mass is 35.5. The monoisotopic (exact) mass is 323 g/mol. The summed E-state index contributed by atoms with van der Waals surface area (Å²) in [5.74, 6) is 0.153. The fraction of sp³-hybridized carbons (Fsp3) is 0.0667. The number of Topliss-reactive ketones (excluding diaryl/α,β-unsaturated/α-hetero) is 1. The minimum Gasteiger partial charge on any atom is -0.410 e. The third-order valence-electron chi connectivity index (χ3n) is 2.85. The molecule has 1 amide bonds. The number of hydrogen-bond donors (Lipinski definition) is 1. The van der Waals surface area contributed by atoms with Crippen LogP contribution < -0.4 is 10.5 Å². The van der Waals surface area contributed by atoms with E-state index in [0.29, 0.717) is 21.7 Å². The Morgan fingerprint density at radius 1 is 1.05 bits per heavy atom. The van der Waals surface area contributed by atoms with Crippen LogP contribution in [0.1, 0.15) is 17.3 Å².